The Morgan fingerprint density at radius 2 is 2.23 bits per heavy atom. The molecule has 0 saturated carbocycles. The molecule has 0 saturated heterocycles. The number of aryl methyl sites for hydroxylation is 1. The molecule has 0 unspecified atom stereocenters. The van der Waals surface area contributed by atoms with Gasteiger partial charge in [-0.2, -0.15) is 0 Å². The fourth-order valence-corrected chi connectivity index (χ4v) is 0.949. The zero-order valence-electron chi connectivity index (χ0n) is 7.10. The van der Waals surface area contributed by atoms with Crippen LogP contribution in [-0.4, -0.2) is 10.0 Å². The molecule has 0 aromatic heterocycles. The Labute approximate surface area is 75.3 Å². The summed E-state index contributed by atoms with van der Waals surface area (Å²) in [5.41, 5.74) is 1.40. The molecule has 1 rings (SSSR count). The van der Waals surface area contributed by atoms with E-state index in [2.05, 4.69) is 0 Å². The number of phenolic OH excluding ortho intramolecular Hbond substituents is 1. The Morgan fingerprint density at radius 3 is 2.85 bits per heavy atom. The summed E-state index contributed by atoms with van der Waals surface area (Å²) >= 11 is 0. The number of nitro groups is 1. The third-order valence-electron chi connectivity index (χ3n) is 1.56. The Balaban J connectivity index is 3.00. The highest BCUT2D eigenvalue weighted by Gasteiger charge is 1.98. The van der Waals surface area contributed by atoms with E-state index >= 15 is 0 Å². The molecule has 13 heavy (non-hydrogen) atoms. The molecular formula is C9H9NO3. The second-order valence-electron chi connectivity index (χ2n) is 2.66. The van der Waals surface area contributed by atoms with Crippen LogP contribution < -0.4 is 0 Å². The van der Waals surface area contributed by atoms with E-state index in [9.17, 15) is 15.2 Å². The molecule has 0 amide bonds. The Morgan fingerprint density at radius 1 is 1.54 bits per heavy atom. The number of rotatable bonds is 2. The molecule has 0 heterocycles. The molecule has 4 nitrogen and oxygen atoms in total. The monoisotopic (exact) mass is 179 g/mol. The molecule has 1 aromatic carbocycles. The van der Waals surface area contributed by atoms with Crippen LogP contribution in [0.4, 0.5) is 0 Å². The fraction of sp³-hybridized carbons (Fsp3) is 0.111. The van der Waals surface area contributed by atoms with E-state index in [1.54, 1.807) is 12.1 Å². The molecule has 1 aromatic rings. The Bertz CT molecular complexity index is 358. The quantitative estimate of drug-likeness (QED) is 0.557. The lowest BCUT2D eigenvalue weighted by Crippen LogP contribution is -1.83. The molecule has 0 aliphatic heterocycles. The first-order chi connectivity index (χ1) is 6.09. The van der Waals surface area contributed by atoms with Crippen LogP contribution in [0.15, 0.2) is 24.4 Å². The lowest BCUT2D eigenvalue weighted by Gasteiger charge is -1.98. The zero-order chi connectivity index (χ0) is 9.84. The summed E-state index contributed by atoms with van der Waals surface area (Å²) in [6, 6.07) is 4.92. The highest BCUT2D eigenvalue weighted by molar-refractivity contribution is 5.56. The van der Waals surface area contributed by atoms with E-state index < -0.39 is 4.92 Å². The van der Waals surface area contributed by atoms with Crippen LogP contribution in [0.5, 0.6) is 5.75 Å². The van der Waals surface area contributed by atoms with Gasteiger partial charge in [-0.1, -0.05) is 11.6 Å². The first kappa shape index (κ1) is 9.25. The molecular weight excluding hydrogens is 170 g/mol. The lowest BCUT2D eigenvalue weighted by atomic mass is 10.1. The number of hydrogen-bond donors (Lipinski definition) is 1. The van der Waals surface area contributed by atoms with Gasteiger partial charge in [-0.05, 0) is 19.1 Å². The van der Waals surface area contributed by atoms with Gasteiger partial charge in [-0.15, -0.1) is 0 Å². The third-order valence-corrected chi connectivity index (χ3v) is 1.56. The van der Waals surface area contributed by atoms with Crippen molar-refractivity contribution in [3.8, 4) is 5.75 Å². The zero-order valence-corrected chi connectivity index (χ0v) is 7.10. The van der Waals surface area contributed by atoms with Gasteiger partial charge in [-0.25, -0.2) is 0 Å². The summed E-state index contributed by atoms with van der Waals surface area (Å²) < 4.78 is 0. The lowest BCUT2D eigenvalue weighted by molar-refractivity contribution is -0.400. The second-order valence-corrected chi connectivity index (χ2v) is 2.66. The minimum atomic E-state index is -0.568. The van der Waals surface area contributed by atoms with Crippen molar-refractivity contribution >= 4 is 6.08 Å². The van der Waals surface area contributed by atoms with Crippen LogP contribution in [0.3, 0.4) is 0 Å². The van der Waals surface area contributed by atoms with E-state index in [1.165, 1.54) is 12.1 Å². The van der Waals surface area contributed by atoms with Gasteiger partial charge in [0.25, 0.3) is 0 Å². The van der Waals surface area contributed by atoms with E-state index in [-0.39, 0.29) is 5.75 Å². The molecule has 4 heteroatoms. The van der Waals surface area contributed by atoms with Gasteiger partial charge in [0.05, 0.1) is 4.92 Å². The largest absolute Gasteiger partial charge is 0.507 e. The molecule has 0 fully saturated rings. The molecule has 68 valence electrons. The molecule has 0 spiro atoms. The normalized spacial score (nSPS) is 10.5. The van der Waals surface area contributed by atoms with Gasteiger partial charge in [0.2, 0.25) is 6.20 Å². The van der Waals surface area contributed by atoms with Crippen molar-refractivity contribution in [2.45, 2.75) is 6.92 Å². The predicted molar refractivity (Wildman–Crippen MR) is 48.9 cm³/mol. The molecule has 0 atom stereocenters. The SMILES string of the molecule is Cc1ccc(O)c(/C=C/[N+](=O)[O-])c1. The molecule has 0 aliphatic carbocycles. The maximum absolute atomic E-state index is 10.0. The molecule has 0 radical (unpaired) electrons. The van der Waals surface area contributed by atoms with E-state index in [4.69, 9.17) is 0 Å². The molecule has 0 bridgehead atoms. The summed E-state index contributed by atoms with van der Waals surface area (Å²) in [6.07, 6.45) is 2.07. The average molecular weight is 179 g/mol. The molecule has 1 N–H and O–H groups in total. The maximum Gasteiger partial charge on any atom is 0.235 e. The number of benzene rings is 1. The topological polar surface area (TPSA) is 63.4 Å². The van der Waals surface area contributed by atoms with Crippen molar-refractivity contribution in [1.82, 2.24) is 0 Å². The van der Waals surface area contributed by atoms with Crippen molar-refractivity contribution in [1.29, 1.82) is 0 Å². The Hall–Kier alpha value is -1.84. The van der Waals surface area contributed by atoms with Gasteiger partial charge >= 0.3 is 0 Å². The van der Waals surface area contributed by atoms with Gasteiger partial charge in [0.15, 0.2) is 0 Å². The van der Waals surface area contributed by atoms with Crippen molar-refractivity contribution in [3.05, 3.63) is 45.6 Å². The highest BCUT2D eigenvalue weighted by atomic mass is 16.6. The van der Waals surface area contributed by atoms with Crippen LogP contribution in [0.25, 0.3) is 6.08 Å². The summed E-state index contributed by atoms with van der Waals surface area (Å²) in [5.74, 6) is 0.0451. The van der Waals surface area contributed by atoms with E-state index in [0.29, 0.717) is 5.56 Å². The number of phenols is 1. The van der Waals surface area contributed by atoms with Gasteiger partial charge < -0.3 is 5.11 Å². The van der Waals surface area contributed by atoms with Gasteiger partial charge in [0.1, 0.15) is 5.75 Å². The van der Waals surface area contributed by atoms with Crippen molar-refractivity contribution in [2.75, 3.05) is 0 Å². The molecule has 0 aliphatic rings. The third kappa shape index (κ3) is 2.59. The summed E-state index contributed by atoms with van der Waals surface area (Å²) in [7, 11) is 0. The maximum atomic E-state index is 10.0. The number of hydrogen-bond acceptors (Lipinski definition) is 3. The smallest absolute Gasteiger partial charge is 0.235 e. The first-order valence-corrected chi connectivity index (χ1v) is 3.71. The number of nitrogens with zero attached hydrogens (tertiary/aromatic N) is 1. The average Bonchev–Trinajstić information content (AvgIpc) is 2.06. The van der Waals surface area contributed by atoms with Crippen LogP contribution in [0.1, 0.15) is 11.1 Å². The van der Waals surface area contributed by atoms with Gasteiger partial charge in [0, 0.05) is 11.6 Å². The Kier molecular flexibility index (Phi) is 2.64. The van der Waals surface area contributed by atoms with Crippen molar-refractivity contribution < 1.29 is 10.0 Å². The van der Waals surface area contributed by atoms with Crippen molar-refractivity contribution in [2.24, 2.45) is 0 Å². The van der Waals surface area contributed by atoms with E-state index in [0.717, 1.165) is 11.8 Å². The van der Waals surface area contributed by atoms with E-state index in [1.807, 2.05) is 6.92 Å². The first-order valence-electron chi connectivity index (χ1n) is 3.71. The van der Waals surface area contributed by atoms with Crippen LogP contribution in [-0.2, 0) is 0 Å². The van der Waals surface area contributed by atoms with Crippen LogP contribution in [0, 0.1) is 17.0 Å². The summed E-state index contributed by atoms with van der Waals surface area (Å²) in [6.45, 7) is 1.85. The summed E-state index contributed by atoms with van der Waals surface area (Å²) in [5, 5.41) is 19.3. The highest BCUT2D eigenvalue weighted by Crippen LogP contribution is 2.19. The summed E-state index contributed by atoms with van der Waals surface area (Å²) in [4.78, 5) is 9.44. The second kappa shape index (κ2) is 3.71. The standard InChI is InChI=1S/C9H9NO3/c1-7-2-3-9(11)8(6-7)4-5-10(12)13/h2-6,11H,1H3/b5-4+. The van der Waals surface area contributed by atoms with Crippen LogP contribution >= 0.6 is 0 Å². The number of aromatic hydroxyl groups is 1. The minimum Gasteiger partial charge on any atom is -0.507 e. The van der Waals surface area contributed by atoms with Crippen molar-refractivity contribution in [3.63, 3.8) is 0 Å². The van der Waals surface area contributed by atoms with Gasteiger partial charge in [-0.3, -0.25) is 10.1 Å². The minimum absolute atomic E-state index is 0.0451. The predicted octanol–water partition coefficient (Wildman–Crippen LogP) is 1.95. The van der Waals surface area contributed by atoms with Crippen LogP contribution in [0.2, 0.25) is 0 Å². The fourth-order valence-electron chi connectivity index (χ4n) is 0.949.